The van der Waals surface area contributed by atoms with Crippen molar-refractivity contribution >= 4 is 19.8 Å². The quantitative estimate of drug-likeness (QED) is 0.0195. The van der Waals surface area contributed by atoms with Crippen LogP contribution in [0, 0.1) is 0 Å². The fourth-order valence-corrected chi connectivity index (χ4v) is 11.5. The van der Waals surface area contributed by atoms with E-state index in [0.29, 0.717) is 17.4 Å². The number of rotatable bonds is 72. The number of phosphoric acid groups is 1. The number of hydrogen-bond acceptors (Lipinski definition) is 8. The maximum atomic E-state index is 12.9. The van der Waals surface area contributed by atoms with Crippen LogP contribution in [0.5, 0.6) is 0 Å². The van der Waals surface area contributed by atoms with Crippen LogP contribution < -0.4 is 4.89 Å². The summed E-state index contributed by atoms with van der Waals surface area (Å²) < 4.78 is 34.4. The summed E-state index contributed by atoms with van der Waals surface area (Å²) in [7, 11) is 1.16. The summed E-state index contributed by atoms with van der Waals surface area (Å²) in [5, 5.41) is 0. The molecule has 10 heteroatoms. The molecule has 0 heterocycles. The lowest BCUT2D eigenvalue weighted by Crippen LogP contribution is -2.37. The number of phosphoric ester groups is 1. The molecule has 0 fully saturated rings. The lowest BCUT2D eigenvalue weighted by atomic mass is 10.0. The molecule has 0 saturated heterocycles. The van der Waals surface area contributed by atoms with E-state index < -0.39 is 26.5 Å². The van der Waals surface area contributed by atoms with Crippen molar-refractivity contribution in [3.8, 4) is 0 Å². The molecule has 0 bridgehead atoms. The van der Waals surface area contributed by atoms with Crippen LogP contribution in [0.4, 0.5) is 0 Å². The number of ether oxygens (including phenoxy) is 2. The van der Waals surface area contributed by atoms with Crippen LogP contribution in [0.3, 0.4) is 0 Å². The van der Waals surface area contributed by atoms with E-state index in [2.05, 4.69) is 184 Å². The second kappa shape index (κ2) is 76.5. The Morgan fingerprint density at radius 1 is 0.316 bits per heavy atom. The smallest absolute Gasteiger partial charge is 0.306 e. The minimum atomic E-state index is -4.65. The molecular formula is C88H148NO8P. The molecule has 9 nitrogen and oxygen atoms in total. The molecule has 0 aromatic heterocycles. The lowest BCUT2D eigenvalue weighted by molar-refractivity contribution is -0.870. The van der Waals surface area contributed by atoms with Crippen LogP contribution in [-0.2, 0) is 32.7 Å². The summed E-state index contributed by atoms with van der Waals surface area (Å²) in [4.78, 5) is 38.2. The molecule has 0 aromatic rings. The fraction of sp³-hybridized carbons (Fsp3) is 0.659. The molecule has 0 amide bonds. The van der Waals surface area contributed by atoms with Crippen molar-refractivity contribution in [2.75, 3.05) is 47.5 Å². The molecule has 558 valence electrons. The molecule has 0 spiro atoms. The average molecular weight is 1380 g/mol. The highest BCUT2D eigenvalue weighted by Crippen LogP contribution is 2.38. The number of allylic oxidation sites excluding steroid dienone is 28. The minimum absolute atomic E-state index is 0.0365. The number of unbranched alkanes of at least 4 members (excludes halogenated alkanes) is 30. The predicted octanol–water partition coefficient (Wildman–Crippen LogP) is 26.2. The van der Waals surface area contributed by atoms with Gasteiger partial charge in [0.25, 0.3) is 7.82 Å². The van der Waals surface area contributed by atoms with Crippen molar-refractivity contribution in [2.24, 2.45) is 0 Å². The lowest BCUT2D eigenvalue weighted by Gasteiger charge is -2.28. The molecular weight excluding hydrogens is 1230 g/mol. The summed E-state index contributed by atoms with van der Waals surface area (Å²) in [6, 6.07) is 0. The Labute approximate surface area is 604 Å². The van der Waals surface area contributed by atoms with Crippen molar-refractivity contribution in [1.29, 1.82) is 0 Å². The monoisotopic (exact) mass is 1380 g/mol. The summed E-state index contributed by atoms with van der Waals surface area (Å²) in [5.74, 6) is -0.832. The van der Waals surface area contributed by atoms with Gasteiger partial charge in [-0.1, -0.05) is 351 Å². The van der Waals surface area contributed by atoms with Crippen molar-refractivity contribution in [3.63, 3.8) is 0 Å². The minimum Gasteiger partial charge on any atom is -0.756 e. The highest BCUT2D eigenvalue weighted by atomic mass is 31.2. The molecule has 2 atom stereocenters. The Hall–Kier alpha value is -4.63. The van der Waals surface area contributed by atoms with E-state index in [1.54, 1.807) is 0 Å². The fourth-order valence-electron chi connectivity index (χ4n) is 10.7. The molecule has 0 rings (SSSR count). The Balaban J connectivity index is 4.01. The van der Waals surface area contributed by atoms with Crippen LogP contribution in [-0.4, -0.2) is 70.0 Å². The number of hydrogen-bond donors (Lipinski definition) is 0. The molecule has 0 aliphatic carbocycles. The third-order valence-electron chi connectivity index (χ3n) is 16.7. The maximum Gasteiger partial charge on any atom is 0.306 e. The van der Waals surface area contributed by atoms with Gasteiger partial charge in [-0.15, -0.1) is 0 Å². The number of esters is 2. The Bertz CT molecular complexity index is 2270. The predicted molar refractivity (Wildman–Crippen MR) is 424 cm³/mol. The SMILES string of the molecule is CC/C=C\C/C=C\C/C=C\C/C=C\C/C=C\C/C=C\C/C=C\C/C=C\C/C=C\CCCCCCCCCCCCCCCC(=O)OC(COC(=O)CCCCCCCCCCCCCCCCCCC/C=C\C/C=C\C/C=C\C/C=C\C/C=C\CC)COP(=O)([O-])OCC[N+](C)(C)C. The first-order valence-electron chi connectivity index (χ1n) is 39.8. The first-order valence-corrected chi connectivity index (χ1v) is 41.3. The van der Waals surface area contributed by atoms with E-state index in [1.165, 1.54) is 161 Å². The van der Waals surface area contributed by atoms with E-state index >= 15 is 0 Å². The zero-order valence-corrected chi connectivity index (χ0v) is 64.6. The van der Waals surface area contributed by atoms with Crippen molar-refractivity contribution in [3.05, 3.63) is 170 Å². The number of quaternary nitrogens is 1. The third kappa shape index (κ3) is 80.3. The average Bonchev–Trinajstić information content (AvgIpc) is 1.08. The molecule has 0 saturated carbocycles. The number of likely N-dealkylation sites (N-methyl/N-ethyl adjacent to an activating group) is 1. The number of carbonyl (C=O) groups excluding carboxylic acids is 2. The van der Waals surface area contributed by atoms with Crippen molar-refractivity contribution in [1.82, 2.24) is 0 Å². The van der Waals surface area contributed by atoms with Gasteiger partial charge in [0.2, 0.25) is 0 Å². The van der Waals surface area contributed by atoms with E-state index in [1.807, 2.05) is 21.1 Å². The molecule has 0 radical (unpaired) electrons. The maximum absolute atomic E-state index is 12.9. The molecule has 0 N–H and O–H groups in total. The second-order valence-corrected chi connectivity index (χ2v) is 28.7. The van der Waals surface area contributed by atoms with Gasteiger partial charge >= 0.3 is 11.9 Å². The summed E-state index contributed by atoms with van der Waals surface area (Å²) in [6.07, 6.45) is 116. The molecule has 0 aromatic carbocycles. The first kappa shape index (κ1) is 93.4. The van der Waals surface area contributed by atoms with Gasteiger partial charge in [0, 0.05) is 12.8 Å². The van der Waals surface area contributed by atoms with E-state index in [-0.39, 0.29) is 32.0 Å². The molecule has 2 unspecified atom stereocenters. The van der Waals surface area contributed by atoms with Crippen LogP contribution in [0.25, 0.3) is 0 Å². The largest absolute Gasteiger partial charge is 0.756 e. The third-order valence-corrected chi connectivity index (χ3v) is 17.7. The van der Waals surface area contributed by atoms with Gasteiger partial charge in [-0.05, 0) is 128 Å². The van der Waals surface area contributed by atoms with Gasteiger partial charge in [-0.2, -0.15) is 0 Å². The highest BCUT2D eigenvalue weighted by molar-refractivity contribution is 7.45. The van der Waals surface area contributed by atoms with Gasteiger partial charge < -0.3 is 27.9 Å². The standard InChI is InChI=1S/C88H148NO8P/c1-6-8-10-12-14-16-18-20-22-24-26-28-30-32-34-36-38-40-41-42-43-44-45-46-47-49-51-53-55-57-59-61-63-65-67-69-71-73-75-77-79-81-88(91)97-86(85-96-98(92,93)95-83-82-89(3,4)5)84-94-87(90)80-78-76-74-72-70-68-66-64-62-60-58-56-54-52-50-48-39-37-35-33-31-29-27-25-23-21-19-17-15-13-11-9-7-2/h8-11,14-17,20-23,26-29,32-35,38,40,42-43,45-46,49,51,86H,6-7,12-13,18-19,24-25,30-31,36-37,39,41,44,47-48,50,52-85H2,1-5H3/b10-8-,11-9-,16-14-,17-15-,22-20-,23-21-,28-26-,29-27-,34-32-,35-33-,40-38-,43-42-,46-45-,51-49-. The van der Waals surface area contributed by atoms with Gasteiger partial charge in [0.1, 0.15) is 19.8 Å². The summed E-state index contributed by atoms with van der Waals surface area (Å²) >= 11 is 0. The molecule has 98 heavy (non-hydrogen) atoms. The van der Waals surface area contributed by atoms with Gasteiger partial charge in [0.15, 0.2) is 6.10 Å². The van der Waals surface area contributed by atoms with E-state index in [0.717, 1.165) is 128 Å². The first-order chi connectivity index (χ1) is 48.0. The van der Waals surface area contributed by atoms with Crippen LogP contribution in [0.15, 0.2) is 170 Å². The summed E-state index contributed by atoms with van der Waals surface area (Å²) in [5.41, 5.74) is 0. The van der Waals surface area contributed by atoms with Gasteiger partial charge in [-0.25, -0.2) is 0 Å². The van der Waals surface area contributed by atoms with E-state index in [9.17, 15) is 19.0 Å². The zero-order chi connectivity index (χ0) is 71.1. The number of nitrogens with zero attached hydrogens (tertiary/aromatic N) is 1. The molecule has 0 aliphatic heterocycles. The second-order valence-electron chi connectivity index (χ2n) is 27.3. The van der Waals surface area contributed by atoms with Gasteiger partial charge in [-0.3, -0.25) is 14.2 Å². The highest BCUT2D eigenvalue weighted by Gasteiger charge is 2.22. The van der Waals surface area contributed by atoms with Crippen molar-refractivity contribution < 1.29 is 42.1 Å². The van der Waals surface area contributed by atoms with E-state index in [4.69, 9.17) is 18.5 Å². The van der Waals surface area contributed by atoms with Crippen LogP contribution in [0.1, 0.15) is 322 Å². The van der Waals surface area contributed by atoms with Gasteiger partial charge in [0.05, 0.1) is 27.7 Å². The number of carbonyl (C=O) groups is 2. The normalized spacial score (nSPS) is 14.0. The Kier molecular flexibility index (Phi) is 72.9. The van der Waals surface area contributed by atoms with Crippen LogP contribution in [0.2, 0.25) is 0 Å². The Morgan fingerprint density at radius 3 is 0.816 bits per heavy atom. The Morgan fingerprint density at radius 2 is 0.551 bits per heavy atom. The topological polar surface area (TPSA) is 111 Å². The van der Waals surface area contributed by atoms with Crippen molar-refractivity contribution in [2.45, 2.75) is 328 Å². The molecule has 0 aliphatic rings. The summed E-state index contributed by atoms with van der Waals surface area (Å²) in [6.45, 7) is 4.03. The zero-order valence-electron chi connectivity index (χ0n) is 63.7. The van der Waals surface area contributed by atoms with Crippen LogP contribution >= 0.6 is 7.82 Å².